The summed E-state index contributed by atoms with van der Waals surface area (Å²) in [4.78, 5) is 13.2. The van der Waals surface area contributed by atoms with E-state index in [9.17, 15) is 0 Å². The van der Waals surface area contributed by atoms with Crippen LogP contribution in [0.1, 0.15) is 97.1 Å². The fourth-order valence-corrected chi connectivity index (χ4v) is 9.53. The second-order valence-electron chi connectivity index (χ2n) is 18.1. The molecule has 0 bridgehead atoms. The number of fused-ring (bicyclic) bond motifs is 3. The van der Waals surface area contributed by atoms with Crippen LogP contribution in [0.15, 0.2) is 102 Å². The van der Waals surface area contributed by atoms with Crippen molar-refractivity contribution in [2.75, 3.05) is 4.90 Å². The Bertz CT molecular complexity index is 2380. The lowest BCUT2D eigenvalue weighted by Gasteiger charge is -2.50. The molecule has 0 unspecified atom stereocenters. The van der Waals surface area contributed by atoms with Crippen molar-refractivity contribution in [2.45, 2.75) is 107 Å². The maximum atomic E-state index is 6.84. The Morgan fingerprint density at radius 3 is 2.02 bits per heavy atom. The Hall–Kier alpha value is -4.90. The highest BCUT2D eigenvalue weighted by atomic mass is 16.5. The number of rotatable bonds is 8. The first-order chi connectivity index (χ1) is 25.4. The fourth-order valence-electron chi connectivity index (χ4n) is 9.53. The second-order valence-corrected chi connectivity index (χ2v) is 18.1. The summed E-state index contributed by atoms with van der Waals surface area (Å²) in [6.07, 6.45) is 1.93. The first-order valence-electron chi connectivity index (χ1n) is 19.7. The van der Waals surface area contributed by atoms with Crippen LogP contribution >= 0.6 is 0 Å². The van der Waals surface area contributed by atoms with Gasteiger partial charge in [-0.3, -0.25) is 9.56 Å². The highest BCUT2D eigenvalue weighted by Gasteiger charge is 2.58. The third-order valence-corrected chi connectivity index (χ3v) is 12.1. The molecule has 6 aromatic rings. The highest BCUT2D eigenvalue weighted by Crippen LogP contribution is 2.52. The summed E-state index contributed by atoms with van der Waals surface area (Å²) in [5, 5.41) is 2.36. The lowest BCUT2D eigenvalue weighted by Crippen LogP contribution is -2.60. The van der Waals surface area contributed by atoms with Crippen molar-refractivity contribution in [1.82, 2.24) is 9.55 Å². The third kappa shape index (κ3) is 6.20. The predicted molar refractivity (Wildman–Crippen MR) is 229 cm³/mol. The lowest BCUT2D eigenvalue weighted by atomic mass is 9.64. The van der Waals surface area contributed by atoms with Gasteiger partial charge in [0.05, 0.1) is 22.1 Å². The summed E-state index contributed by atoms with van der Waals surface area (Å²) >= 11 is 0. The summed E-state index contributed by atoms with van der Waals surface area (Å²) in [5.74, 6) is 4.77. The summed E-state index contributed by atoms with van der Waals surface area (Å²) < 4.78 is 9.11. The van der Waals surface area contributed by atoms with Crippen LogP contribution in [-0.4, -0.2) is 26.5 Å². The number of pyridine rings is 1. The molecule has 0 saturated heterocycles. The van der Waals surface area contributed by atoms with Crippen LogP contribution in [0.2, 0.25) is 0 Å². The molecule has 0 saturated carbocycles. The maximum absolute atomic E-state index is 6.84. The van der Waals surface area contributed by atoms with E-state index in [0.717, 1.165) is 45.3 Å². The average molecular weight is 719 g/mol. The average Bonchev–Trinajstić information content (AvgIpc) is 3.51. The number of amidine groups is 1. The van der Waals surface area contributed by atoms with E-state index >= 15 is 0 Å². The van der Waals surface area contributed by atoms with E-state index in [-0.39, 0.29) is 16.5 Å². The van der Waals surface area contributed by atoms with E-state index in [1.807, 2.05) is 6.20 Å². The van der Waals surface area contributed by atoms with Crippen LogP contribution in [0.5, 0.6) is 11.5 Å². The molecule has 7 rings (SSSR count). The molecule has 54 heavy (non-hydrogen) atoms. The molecule has 5 nitrogen and oxygen atoms in total. The molecule has 0 fully saturated rings. The summed E-state index contributed by atoms with van der Waals surface area (Å²) in [7, 11) is 0. The van der Waals surface area contributed by atoms with Crippen molar-refractivity contribution in [2.24, 2.45) is 22.7 Å². The molecule has 5 heteroatoms. The van der Waals surface area contributed by atoms with Crippen molar-refractivity contribution in [1.29, 1.82) is 0 Å². The van der Waals surface area contributed by atoms with Crippen LogP contribution < -0.4 is 9.64 Å². The van der Waals surface area contributed by atoms with Gasteiger partial charge in [-0.2, -0.15) is 0 Å². The molecule has 0 aliphatic carbocycles. The minimum absolute atomic E-state index is 0.00182. The van der Waals surface area contributed by atoms with Gasteiger partial charge in [-0.05, 0) is 135 Å². The predicted octanol–water partition coefficient (Wildman–Crippen LogP) is 12.9. The Labute approximate surface area is 323 Å². The van der Waals surface area contributed by atoms with Gasteiger partial charge in [-0.15, -0.1) is 0 Å². The Balaban J connectivity index is 1.37. The van der Waals surface area contributed by atoms with Gasteiger partial charge in [0.1, 0.15) is 23.2 Å². The standard InChI is InChI=1S/C49H58N4O/c1-30(2)44(31(3)4)49(13)48(11,12)53(45-33(6)17-16-18-34(45)7)46(51-49)35-25-32(5)26-38(27-35)54-37-21-22-40-39-19-14-15-20-41(39)52(42(40)29-37)43-28-36(23-24-50-43)47(8,9)10/h14-31,44H,1-13H3/t49-/m1/s1. The Morgan fingerprint density at radius 1 is 0.685 bits per heavy atom. The van der Waals surface area contributed by atoms with Crippen LogP contribution in [0, 0.1) is 38.5 Å². The molecule has 280 valence electrons. The van der Waals surface area contributed by atoms with Crippen molar-refractivity contribution in [3.8, 4) is 17.3 Å². The zero-order valence-corrected chi connectivity index (χ0v) is 34.7. The maximum Gasteiger partial charge on any atom is 0.137 e. The number of benzene rings is 4. The summed E-state index contributed by atoms with van der Waals surface area (Å²) in [6, 6.07) is 32.5. The number of anilines is 1. The smallest absolute Gasteiger partial charge is 0.137 e. The Morgan fingerprint density at radius 2 is 1.35 bits per heavy atom. The lowest BCUT2D eigenvalue weighted by molar-refractivity contribution is 0.116. The molecular weight excluding hydrogens is 661 g/mol. The van der Waals surface area contributed by atoms with Gasteiger partial charge >= 0.3 is 0 Å². The SMILES string of the molecule is Cc1cc(Oc2ccc3c4ccccc4n(-c4cc(C(C)(C)C)ccn4)c3c2)cc(C2=N[C@](C)(C(C(C)C)C(C)C)C(C)(C)N2c2c(C)cccc2C)c1. The molecule has 0 N–H and O–H groups in total. The van der Waals surface area contributed by atoms with Crippen molar-refractivity contribution in [3.05, 3.63) is 125 Å². The number of nitrogens with zero attached hydrogens (tertiary/aromatic N) is 4. The van der Waals surface area contributed by atoms with Crippen molar-refractivity contribution < 1.29 is 4.74 Å². The first kappa shape index (κ1) is 37.4. The number of aryl methyl sites for hydroxylation is 3. The van der Waals surface area contributed by atoms with Crippen LogP contribution in [0.4, 0.5) is 5.69 Å². The van der Waals surface area contributed by atoms with Crippen molar-refractivity contribution >= 4 is 33.3 Å². The molecule has 3 heterocycles. The van der Waals surface area contributed by atoms with Gasteiger partial charge < -0.3 is 9.64 Å². The normalized spacial score (nSPS) is 17.4. The monoisotopic (exact) mass is 718 g/mol. The molecule has 2 aromatic heterocycles. The van der Waals surface area contributed by atoms with Gasteiger partial charge in [0, 0.05) is 34.3 Å². The number of ether oxygens (including phenoxy) is 1. The van der Waals surface area contributed by atoms with Gasteiger partial charge in [0.2, 0.25) is 0 Å². The zero-order valence-electron chi connectivity index (χ0n) is 34.7. The third-order valence-electron chi connectivity index (χ3n) is 12.1. The van der Waals surface area contributed by atoms with Gasteiger partial charge in [0.25, 0.3) is 0 Å². The first-order valence-corrected chi connectivity index (χ1v) is 19.7. The second kappa shape index (κ2) is 13.4. The van der Waals surface area contributed by atoms with E-state index in [1.165, 1.54) is 33.2 Å². The highest BCUT2D eigenvalue weighted by molar-refractivity contribution is 6.14. The van der Waals surface area contributed by atoms with E-state index in [4.69, 9.17) is 14.7 Å². The van der Waals surface area contributed by atoms with Gasteiger partial charge in [-0.25, -0.2) is 4.98 Å². The van der Waals surface area contributed by atoms with Gasteiger partial charge in [-0.1, -0.05) is 84.9 Å². The molecule has 0 spiro atoms. The van der Waals surface area contributed by atoms with Crippen molar-refractivity contribution in [3.63, 3.8) is 0 Å². The van der Waals surface area contributed by atoms with E-state index in [1.54, 1.807) is 0 Å². The number of aliphatic imine (C=N–C) groups is 1. The fraction of sp³-hybridized carbons (Fsp3) is 0.388. The molecule has 1 atom stereocenters. The minimum atomic E-state index is -0.346. The van der Waals surface area contributed by atoms with E-state index in [0.29, 0.717) is 17.8 Å². The van der Waals surface area contributed by atoms with Gasteiger partial charge in [0.15, 0.2) is 0 Å². The molecular formula is C49H58N4O. The number of aromatic nitrogens is 2. The van der Waals surface area contributed by atoms with Crippen LogP contribution in [0.3, 0.4) is 0 Å². The summed E-state index contributed by atoms with van der Waals surface area (Å²) in [5.41, 5.74) is 8.71. The minimum Gasteiger partial charge on any atom is -0.457 e. The Kier molecular flexibility index (Phi) is 9.31. The van der Waals surface area contributed by atoms with E-state index < -0.39 is 0 Å². The quantitative estimate of drug-likeness (QED) is 0.157. The largest absolute Gasteiger partial charge is 0.457 e. The zero-order chi connectivity index (χ0) is 38.9. The van der Waals surface area contributed by atoms with Crippen LogP contribution in [0.25, 0.3) is 27.6 Å². The number of para-hydroxylation sites is 2. The molecule has 1 aliphatic rings. The van der Waals surface area contributed by atoms with Crippen LogP contribution in [-0.2, 0) is 5.41 Å². The molecule has 4 aromatic carbocycles. The van der Waals surface area contributed by atoms with E-state index in [2.05, 4.69) is 190 Å². The molecule has 0 radical (unpaired) electrons. The summed E-state index contributed by atoms with van der Waals surface area (Å²) in [6.45, 7) is 29.9. The number of hydrogen-bond acceptors (Lipinski definition) is 4. The molecule has 1 aliphatic heterocycles. The molecule has 0 amide bonds. The number of hydrogen-bond donors (Lipinski definition) is 0. The topological polar surface area (TPSA) is 42.6 Å².